The van der Waals surface area contributed by atoms with Crippen molar-refractivity contribution in [1.82, 2.24) is 4.98 Å². The van der Waals surface area contributed by atoms with Crippen molar-refractivity contribution in [2.45, 2.75) is 0 Å². The second-order valence-electron chi connectivity index (χ2n) is 5.31. The van der Waals surface area contributed by atoms with Crippen LogP contribution in [0.1, 0.15) is 0 Å². The molecule has 0 aliphatic carbocycles. The van der Waals surface area contributed by atoms with Crippen molar-refractivity contribution in [1.29, 1.82) is 0 Å². The van der Waals surface area contributed by atoms with E-state index in [1.165, 1.54) is 54.5 Å². The van der Waals surface area contributed by atoms with Crippen LogP contribution in [0.5, 0.6) is 10.8 Å². The SMILES string of the molecule is CN(C(=O)Nc1ncc(Oc2cccc(F)c2)s1)c1cccc([N+](=O)[O-])c1. The number of nitro groups is 1. The highest BCUT2D eigenvalue weighted by atomic mass is 32.1. The molecule has 0 saturated carbocycles. The summed E-state index contributed by atoms with van der Waals surface area (Å²) in [6.07, 6.45) is 1.40. The van der Waals surface area contributed by atoms with Crippen LogP contribution >= 0.6 is 11.3 Å². The first-order chi connectivity index (χ1) is 12.9. The molecule has 1 heterocycles. The van der Waals surface area contributed by atoms with Crippen LogP contribution in [-0.4, -0.2) is 23.0 Å². The van der Waals surface area contributed by atoms with Crippen LogP contribution in [0.2, 0.25) is 0 Å². The van der Waals surface area contributed by atoms with E-state index in [2.05, 4.69) is 10.3 Å². The number of thiazole rings is 1. The highest BCUT2D eigenvalue weighted by Gasteiger charge is 2.16. The Labute approximate surface area is 157 Å². The number of urea groups is 1. The van der Waals surface area contributed by atoms with Gasteiger partial charge in [-0.05, 0) is 18.2 Å². The number of rotatable bonds is 5. The molecule has 27 heavy (non-hydrogen) atoms. The van der Waals surface area contributed by atoms with Gasteiger partial charge in [0.1, 0.15) is 11.6 Å². The molecule has 1 aromatic heterocycles. The fourth-order valence-electron chi connectivity index (χ4n) is 2.12. The van der Waals surface area contributed by atoms with Gasteiger partial charge in [-0.1, -0.05) is 23.5 Å². The molecule has 10 heteroatoms. The number of non-ortho nitro benzene ring substituents is 1. The third-order valence-corrected chi connectivity index (χ3v) is 4.24. The van der Waals surface area contributed by atoms with Crippen LogP contribution in [0.3, 0.4) is 0 Å². The van der Waals surface area contributed by atoms with Gasteiger partial charge in [0, 0.05) is 25.2 Å². The Hall–Kier alpha value is -3.53. The lowest BCUT2D eigenvalue weighted by atomic mass is 10.2. The third kappa shape index (κ3) is 4.55. The van der Waals surface area contributed by atoms with Crippen LogP contribution in [0.25, 0.3) is 0 Å². The van der Waals surface area contributed by atoms with E-state index in [0.717, 1.165) is 11.3 Å². The zero-order valence-corrected chi connectivity index (χ0v) is 14.8. The number of aromatic nitrogens is 1. The molecular weight excluding hydrogens is 375 g/mol. The molecule has 0 spiro atoms. The van der Waals surface area contributed by atoms with Crippen LogP contribution in [0.15, 0.2) is 54.7 Å². The van der Waals surface area contributed by atoms with Crippen molar-refractivity contribution in [3.8, 4) is 10.8 Å². The number of nitro benzene ring substituents is 1. The Bertz CT molecular complexity index is 994. The number of nitrogens with zero attached hydrogens (tertiary/aromatic N) is 3. The summed E-state index contributed by atoms with van der Waals surface area (Å²) < 4.78 is 18.7. The Morgan fingerprint density at radius 3 is 2.81 bits per heavy atom. The van der Waals surface area contributed by atoms with Gasteiger partial charge >= 0.3 is 6.03 Å². The Morgan fingerprint density at radius 2 is 2.07 bits per heavy atom. The van der Waals surface area contributed by atoms with E-state index in [9.17, 15) is 19.3 Å². The lowest BCUT2D eigenvalue weighted by Gasteiger charge is -2.16. The van der Waals surface area contributed by atoms with Gasteiger partial charge in [0.2, 0.25) is 5.06 Å². The van der Waals surface area contributed by atoms with Gasteiger partial charge in [-0.25, -0.2) is 14.2 Å². The average Bonchev–Trinajstić information content (AvgIpc) is 3.08. The number of hydrogen-bond acceptors (Lipinski definition) is 6. The smallest absolute Gasteiger partial charge is 0.327 e. The summed E-state index contributed by atoms with van der Waals surface area (Å²) in [5.74, 6) is -0.116. The van der Waals surface area contributed by atoms with E-state index in [4.69, 9.17) is 4.74 Å². The molecule has 3 rings (SSSR count). The molecule has 1 N–H and O–H groups in total. The molecule has 0 unspecified atom stereocenters. The number of halogens is 1. The lowest BCUT2D eigenvalue weighted by molar-refractivity contribution is -0.384. The third-order valence-electron chi connectivity index (χ3n) is 3.45. The van der Waals surface area contributed by atoms with Crippen molar-refractivity contribution in [3.63, 3.8) is 0 Å². The molecule has 0 bridgehead atoms. The molecule has 0 aliphatic heterocycles. The minimum atomic E-state index is -0.536. The second kappa shape index (κ2) is 7.79. The van der Waals surface area contributed by atoms with E-state index >= 15 is 0 Å². The zero-order chi connectivity index (χ0) is 19.4. The maximum Gasteiger partial charge on any atom is 0.327 e. The number of amides is 2. The molecule has 0 aliphatic rings. The van der Waals surface area contributed by atoms with E-state index in [0.29, 0.717) is 16.5 Å². The van der Waals surface area contributed by atoms with Crippen molar-refractivity contribution in [2.75, 3.05) is 17.3 Å². The number of carbonyl (C=O) groups excluding carboxylic acids is 1. The Morgan fingerprint density at radius 1 is 1.30 bits per heavy atom. The minimum Gasteiger partial charge on any atom is -0.445 e. The van der Waals surface area contributed by atoms with E-state index in [1.54, 1.807) is 12.1 Å². The predicted molar refractivity (Wildman–Crippen MR) is 99.1 cm³/mol. The maximum atomic E-state index is 13.2. The van der Waals surface area contributed by atoms with E-state index < -0.39 is 16.8 Å². The van der Waals surface area contributed by atoms with Crippen LogP contribution < -0.4 is 15.0 Å². The molecule has 2 aromatic carbocycles. The summed E-state index contributed by atoms with van der Waals surface area (Å²) in [7, 11) is 1.48. The monoisotopic (exact) mass is 388 g/mol. The van der Waals surface area contributed by atoms with Gasteiger partial charge in [-0.3, -0.25) is 20.3 Å². The molecule has 8 nitrogen and oxygen atoms in total. The number of hydrogen-bond donors (Lipinski definition) is 1. The molecular formula is C17H13FN4O4S. The van der Waals surface area contributed by atoms with Crippen molar-refractivity contribution in [3.05, 3.63) is 70.7 Å². The molecule has 0 saturated heterocycles. The van der Waals surface area contributed by atoms with Crippen molar-refractivity contribution < 1.29 is 18.8 Å². The first-order valence-corrected chi connectivity index (χ1v) is 8.42. The van der Waals surface area contributed by atoms with Gasteiger partial charge in [0.15, 0.2) is 5.13 Å². The summed E-state index contributed by atoms with van der Waals surface area (Å²) in [5, 5.41) is 14.1. The quantitative estimate of drug-likeness (QED) is 0.507. The first kappa shape index (κ1) is 18.3. The van der Waals surface area contributed by atoms with Crippen molar-refractivity contribution >= 4 is 33.9 Å². The minimum absolute atomic E-state index is 0.118. The molecule has 0 fully saturated rings. The molecule has 3 aromatic rings. The van der Waals surface area contributed by atoms with Crippen LogP contribution in [-0.2, 0) is 0 Å². The number of nitrogens with one attached hydrogen (secondary N) is 1. The first-order valence-electron chi connectivity index (χ1n) is 7.61. The molecule has 2 amide bonds. The van der Waals surface area contributed by atoms with Crippen molar-refractivity contribution in [2.24, 2.45) is 0 Å². The van der Waals surface area contributed by atoms with Gasteiger partial charge in [-0.15, -0.1) is 0 Å². The largest absolute Gasteiger partial charge is 0.445 e. The predicted octanol–water partition coefficient (Wildman–Crippen LogP) is 4.65. The summed E-state index contributed by atoms with van der Waals surface area (Å²) in [5.41, 5.74) is 0.238. The Balaban J connectivity index is 1.66. The molecule has 0 radical (unpaired) electrons. The highest BCUT2D eigenvalue weighted by Crippen LogP contribution is 2.31. The zero-order valence-electron chi connectivity index (χ0n) is 14.0. The Kier molecular flexibility index (Phi) is 5.27. The van der Waals surface area contributed by atoms with E-state index in [1.807, 2.05) is 0 Å². The highest BCUT2D eigenvalue weighted by molar-refractivity contribution is 7.17. The van der Waals surface area contributed by atoms with Crippen LogP contribution in [0, 0.1) is 15.9 Å². The van der Waals surface area contributed by atoms with Gasteiger partial charge in [0.25, 0.3) is 5.69 Å². The standard InChI is InChI=1S/C17H13FN4O4S/c1-21(12-5-3-6-13(9-12)22(24)25)17(23)20-16-19-10-15(27-16)26-14-7-2-4-11(18)8-14/h2-10H,1H3,(H,19,20,23). The fraction of sp³-hybridized carbons (Fsp3) is 0.0588. The van der Waals surface area contributed by atoms with E-state index in [-0.39, 0.29) is 10.8 Å². The lowest BCUT2D eigenvalue weighted by Crippen LogP contribution is -2.31. The molecule has 0 atom stereocenters. The van der Waals surface area contributed by atoms with Gasteiger partial charge in [-0.2, -0.15) is 0 Å². The number of ether oxygens (including phenoxy) is 1. The number of anilines is 2. The van der Waals surface area contributed by atoms with Gasteiger partial charge < -0.3 is 4.74 Å². The summed E-state index contributed by atoms with van der Waals surface area (Å²) in [4.78, 5) is 27.9. The summed E-state index contributed by atoms with van der Waals surface area (Å²) in [6, 6.07) is 10.8. The molecule has 138 valence electrons. The average molecular weight is 388 g/mol. The van der Waals surface area contributed by atoms with Gasteiger partial charge in [0.05, 0.1) is 16.8 Å². The normalized spacial score (nSPS) is 10.3. The number of carbonyl (C=O) groups is 1. The fourth-order valence-corrected chi connectivity index (χ4v) is 2.80. The summed E-state index contributed by atoms with van der Waals surface area (Å²) >= 11 is 1.06. The number of benzene rings is 2. The maximum absolute atomic E-state index is 13.2. The summed E-state index contributed by atoms with van der Waals surface area (Å²) in [6.45, 7) is 0. The topological polar surface area (TPSA) is 97.6 Å². The van der Waals surface area contributed by atoms with Crippen LogP contribution in [0.4, 0.5) is 25.7 Å². The second-order valence-corrected chi connectivity index (χ2v) is 6.30.